The molecule has 1 aromatic carbocycles. The Bertz CT molecular complexity index is 520. The molecule has 1 heterocycles. The second kappa shape index (κ2) is 5.81. The molecular weight excluding hydrogens is 242 g/mol. The molecule has 0 radical (unpaired) electrons. The Morgan fingerprint density at radius 1 is 1.28 bits per heavy atom. The number of furan rings is 1. The molecule has 0 aliphatic heterocycles. The van der Waals surface area contributed by atoms with Crippen molar-refractivity contribution >= 4 is 22.7 Å². The van der Waals surface area contributed by atoms with Gasteiger partial charge in [0.2, 0.25) is 0 Å². The fourth-order valence-corrected chi connectivity index (χ4v) is 3.00. The van der Waals surface area contributed by atoms with Crippen LogP contribution in [0.25, 0.3) is 11.0 Å². The summed E-state index contributed by atoms with van der Waals surface area (Å²) >= 11 is 1.86. The summed E-state index contributed by atoms with van der Waals surface area (Å²) < 4.78 is 5.97. The van der Waals surface area contributed by atoms with Gasteiger partial charge < -0.3 is 9.73 Å². The normalized spacial score (nSPS) is 14.9. The minimum absolute atomic E-state index is 0.250. The fourth-order valence-electron chi connectivity index (χ4n) is 2.41. The maximum atomic E-state index is 5.97. The van der Waals surface area contributed by atoms with Crippen LogP contribution >= 0.6 is 11.8 Å². The van der Waals surface area contributed by atoms with Crippen molar-refractivity contribution in [2.24, 2.45) is 0 Å². The lowest BCUT2D eigenvalue weighted by molar-refractivity contribution is 0.423. The molecule has 2 atom stereocenters. The van der Waals surface area contributed by atoms with Crippen LogP contribution in [0.2, 0.25) is 0 Å². The highest BCUT2D eigenvalue weighted by Crippen LogP contribution is 2.29. The summed E-state index contributed by atoms with van der Waals surface area (Å²) in [5.41, 5.74) is 2.23. The van der Waals surface area contributed by atoms with Crippen molar-refractivity contribution < 1.29 is 4.42 Å². The van der Waals surface area contributed by atoms with Gasteiger partial charge >= 0.3 is 0 Å². The average molecular weight is 263 g/mol. The number of hydrogen-bond acceptors (Lipinski definition) is 3. The van der Waals surface area contributed by atoms with E-state index in [9.17, 15) is 0 Å². The lowest BCUT2D eigenvalue weighted by Crippen LogP contribution is -2.30. The van der Waals surface area contributed by atoms with Gasteiger partial charge in [0.05, 0.1) is 6.04 Å². The first-order valence-electron chi connectivity index (χ1n) is 6.36. The van der Waals surface area contributed by atoms with E-state index in [1.54, 1.807) is 0 Å². The predicted octanol–water partition coefficient (Wildman–Crippen LogP) is 4.14. The Hall–Kier alpha value is -0.930. The highest BCUT2D eigenvalue weighted by molar-refractivity contribution is 7.98. The average Bonchev–Trinajstić information content (AvgIpc) is 2.68. The highest BCUT2D eigenvalue weighted by Gasteiger charge is 2.17. The van der Waals surface area contributed by atoms with Crippen molar-refractivity contribution in [2.75, 3.05) is 12.0 Å². The van der Waals surface area contributed by atoms with Gasteiger partial charge in [0.15, 0.2) is 0 Å². The summed E-state index contributed by atoms with van der Waals surface area (Å²) in [6, 6.07) is 8.97. The molecule has 0 aliphatic rings. The first kappa shape index (κ1) is 13.5. The third-order valence-corrected chi connectivity index (χ3v) is 4.06. The van der Waals surface area contributed by atoms with Gasteiger partial charge in [-0.15, -0.1) is 0 Å². The van der Waals surface area contributed by atoms with E-state index in [1.807, 2.05) is 23.9 Å². The molecule has 1 N–H and O–H groups in total. The standard InChI is InChI=1S/C15H21NOS/c1-10(9-18-4)16-12(3)15-11(2)13-7-5-6-8-14(13)17-15/h5-8,10,12,16H,9H2,1-4H3. The summed E-state index contributed by atoms with van der Waals surface area (Å²) in [4.78, 5) is 0. The minimum Gasteiger partial charge on any atom is -0.459 e. The Kier molecular flexibility index (Phi) is 4.36. The van der Waals surface area contributed by atoms with Crippen LogP contribution in [0.5, 0.6) is 0 Å². The topological polar surface area (TPSA) is 25.2 Å². The van der Waals surface area contributed by atoms with Gasteiger partial charge in [-0.3, -0.25) is 0 Å². The maximum Gasteiger partial charge on any atom is 0.134 e. The largest absolute Gasteiger partial charge is 0.459 e. The molecule has 0 amide bonds. The Labute approximate surface area is 113 Å². The Morgan fingerprint density at radius 3 is 2.67 bits per heavy atom. The summed E-state index contributed by atoms with van der Waals surface area (Å²) in [6.45, 7) is 6.52. The van der Waals surface area contributed by atoms with Crippen molar-refractivity contribution in [2.45, 2.75) is 32.9 Å². The molecule has 2 aromatic rings. The number of thioether (sulfide) groups is 1. The molecule has 1 aromatic heterocycles. The number of para-hydroxylation sites is 1. The van der Waals surface area contributed by atoms with Crippen LogP contribution in [-0.4, -0.2) is 18.1 Å². The molecule has 18 heavy (non-hydrogen) atoms. The third-order valence-electron chi connectivity index (χ3n) is 3.23. The zero-order chi connectivity index (χ0) is 13.1. The number of fused-ring (bicyclic) bond motifs is 1. The summed E-state index contributed by atoms with van der Waals surface area (Å²) in [7, 11) is 0. The van der Waals surface area contributed by atoms with Gasteiger partial charge in [-0.2, -0.15) is 11.8 Å². The van der Waals surface area contributed by atoms with Crippen LogP contribution in [0.4, 0.5) is 0 Å². The Balaban J connectivity index is 2.22. The SMILES string of the molecule is CSCC(C)NC(C)c1oc2ccccc2c1C. The quantitative estimate of drug-likeness (QED) is 0.877. The maximum absolute atomic E-state index is 5.97. The van der Waals surface area contributed by atoms with Crippen molar-refractivity contribution in [3.8, 4) is 0 Å². The first-order valence-corrected chi connectivity index (χ1v) is 7.76. The van der Waals surface area contributed by atoms with Crippen molar-refractivity contribution in [3.05, 3.63) is 35.6 Å². The van der Waals surface area contributed by atoms with Crippen LogP contribution in [0.3, 0.4) is 0 Å². The number of rotatable bonds is 5. The molecule has 0 saturated carbocycles. The minimum atomic E-state index is 0.250. The van der Waals surface area contributed by atoms with Crippen LogP contribution < -0.4 is 5.32 Å². The molecule has 0 aliphatic carbocycles. The lowest BCUT2D eigenvalue weighted by Gasteiger charge is -2.18. The molecule has 98 valence electrons. The second-order valence-corrected chi connectivity index (χ2v) is 5.74. The number of benzene rings is 1. The van der Waals surface area contributed by atoms with Crippen LogP contribution in [-0.2, 0) is 0 Å². The van der Waals surface area contributed by atoms with Crippen molar-refractivity contribution in [3.63, 3.8) is 0 Å². The Morgan fingerprint density at radius 2 is 2.00 bits per heavy atom. The molecule has 2 unspecified atom stereocenters. The molecular formula is C15H21NOS. The number of hydrogen-bond donors (Lipinski definition) is 1. The first-order chi connectivity index (χ1) is 8.63. The van der Waals surface area contributed by atoms with Crippen LogP contribution in [0.15, 0.2) is 28.7 Å². The number of nitrogens with one attached hydrogen (secondary N) is 1. The monoisotopic (exact) mass is 263 g/mol. The predicted molar refractivity (Wildman–Crippen MR) is 80.3 cm³/mol. The molecule has 0 spiro atoms. The third kappa shape index (κ3) is 2.73. The van der Waals surface area contributed by atoms with Gasteiger partial charge in [-0.25, -0.2) is 0 Å². The van der Waals surface area contributed by atoms with Crippen molar-refractivity contribution in [1.29, 1.82) is 0 Å². The molecule has 0 bridgehead atoms. The van der Waals surface area contributed by atoms with E-state index in [-0.39, 0.29) is 6.04 Å². The van der Waals surface area contributed by atoms with Crippen molar-refractivity contribution in [1.82, 2.24) is 5.32 Å². The van der Waals surface area contributed by atoms with Gasteiger partial charge in [-0.05, 0) is 38.7 Å². The van der Waals surface area contributed by atoms with Gasteiger partial charge in [0.1, 0.15) is 11.3 Å². The lowest BCUT2D eigenvalue weighted by atomic mass is 10.1. The smallest absolute Gasteiger partial charge is 0.134 e. The van der Waals surface area contributed by atoms with Crippen LogP contribution in [0.1, 0.15) is 31.2 Å². The summed E-state index contributed by atoms with van der Waals surface area (Å²) in [6.07, 6.45) is 2.13. The van der Waals surface area contributed by atoms with E-state index in [1.165, 1.54) is 10.9 Å². The highest BCUT2D eigenvalue weighted by atomic mass is 32.2. The fraction of sp³-hybridized carbons (Fsp3) is 0.467. The number of aryl methyl sites for hydroxylation is 1. The summed E-state index contributed by atoms with van der Waals surface area (Å²) in [5.74, 6) is 2.17. The van der Waals surface area contributed by atoms with E-state index in [4.69, 9.17) is 4.42 Å². The second-order valence-electron chi connectivity index (χ2n) is 4.83. The molecule has 3 heteroatoms. The van der Waals surface area contributed by atoms with E-state index in [2.05, 4.69) is 44.5 Å². The van der Waals surface area contributed by atoms with Gasteiger partial charge in [0, 0.05) is 17.2 Å². The summed E-state index contributed by atoms with van der Waals surface area (Å²) in [5, 5.41) is 4.81. The van der Waals surface area contributed by atoms with E-state index in [0.29, 0.717) is 6.04 Å². The van der Waals surface area contributed by atoms with E-state index >= 15 is 0 Å². The zero-order valence-electron chi connectivity index (χ0n) is 11.5. The molecule has 0 fully saturated rings. The van der Waals surface area contributed by atoms with E-state index in [0.717, 1.165) is 17.1 Å². The van der Waals surface area contributed by atoms with Gasteiger partial charge in [0.25, 0.3) is 0 Å². The zero-order valence-corrected chi connectivity index (χ0v) is 12.3. The van der Waals surface area contributed by atoms with E-state index < -0.39 is 0 Å². The molecule has 2 nitrogen and oxygen atoms in total. The molecule has 2 rings (SSSR count). The molecule has 0 saturated heterocycles. The van der Waals surface area contributed by atoms with Gasteiger partial charge in [-0.1, -0.05) is 18.2 Å². The van der Waals surface area contributed by atoms with Crippen LogP contribution in [0, 0.1) is 6.92 Å².